The molecule has 1 saturated heterocycles. The molecule has 4 nitrogen and oxygen atoms in total. The first-order valence-corrected chi connectivity index (χ1v) is 7.19. The molecule has 0 atom stereocenters. The molecule has 0 unspecified atom stereocenters. The van der Waals surface area contributed by atoms with Crippen molar-refractivity contribution in [2.24, 2.45) is 5.92 Å². The molecule has 1 aliphatic heterocycles. The van der Waals surface area contributed by atoms with Crippen LogP contribution in [0.3, 0.4) is 0 Å². The number of benzene rings is 1. The summed E-state index contributed by atoms with van der Waals surface area (Å²) in [6.45, 7) is 2.15. The summed E-state index contributed by atoms with van der Waals surface area (Å²) in [5, 5.41) is 3.12. The van der Waals surface area contributed by atoms with Crippen molar-refractivity contribution in [3.63, 3.8) is 0 Å². The van der Waals surface area contributed by atoms with Crippen LogP contribution in [0.4, 0.5) is 13.2 Å². The van der Waals surface area contributed by atoms with Gasteiger partial charge in [-0.25, -0.2) is 0 Å². The van der Waals surface area contributed by atoms with E-state index in [0.29, 0.717) is 19.0 Å². The molecule has 0 bridgehead atoms. The molecule has 1 fully saturated rings. The lowest BCUT2D eigenvalue weighted by Gasteiger charge is -2.32. The molecule has 0 saturated carbocycles. The number of carbonyl (C=O) groups is 1. The van der Waals surface area contributed by atoms with Crippen LogP contribution < -0.4 is 10.1 Å². The minimum absolute atomic E-state index is 0.216. The van der Waals surface area contributed by atoms with Gasteiger partial charge in [0.1, 0.15) is 5.75 Å². The molecule has 1 N–H and O–H groups in total. The van der Waals surface area contributed by atoms with Gasteiger partial charge in [-0.05, 0) is 50.6 Å². The van der Waals surface area contributed by atoms with Gasteiger partial charge in [-0.2, -0.15) is 0 Å². The molecule has 0 aromatic heterocycles. The zero-order valence-corrected chi connectivity index (χ0v) is 12.3. The topological polar surface area (TPSA) is 41.6 Å². The second-order valence-electron chi connectivity index (χ2n) is 5.37. The molecule has 22 heavy (non-hydrogen) atoms. The fraction of sp³-hybridized carbons (Fsp3) is 0.533. The Morgan fingerprint density at radius 2 is 2.05 bits per heavy atom. The van der Waals surface area contributed by atoms with Gasteiger partial charge in [0.25, 0.3) is 5.91 Å². The molecule has 1 heterocycles. The lowest BCUT2D eigenvalue weighted by molar-refractivity contribution is -0.274. The Hall–Kier alpha value is -1.76. The monoisotopic (exact) mass is 316 g/mol. The Kier molecular flexibility index (Phi) is 5.28. The molecule has 0 spiro atoms. The number of hydrogen-bond acceptors (Lipinski definition) is 3. The predicted octanol–water partition coefficient (Wildman–Crippen LogP) is 2.66. The third kappa shape index (κ3) is 4.62. The van der Waals surface area contributed by atoms with Crippen molar-refractivity contribution in [3.05, 3.63) is 29.8 Å². The Morgan fingerprint density at radius 3 is 2.64 bits per heavy atom. The van der Waals surface area contributed by atoms with Crippen LogP contribution in [0.15, 0.2) is 24.3 Å². The van der Waals surface area contributed by atoms with E-state index in [1.54, 1.807) is 4.90 Å². The van der Waals surface area contributed by atoms with Crippen molar-refractivity contribution in [3.8, 4) is 5.75 Å². The van der Waals surface area contributed by atoms with E-state index in [9.17, 15) is 18.0 Å². The molecule has 122 valence electrons. The summed E-state index contributed by atoms with van der Waals surface area (Å²) in [6.07, 6.45) is -2.97. The van der Waals surface area contributed by atoms with Gasteiger partial charge in [-0.15, -0.1) is 13.2 Å². The van der Waals surface area contributed by atoms with Crippen LogP contribution in [0, 0.1) is 5.92 Å². The highest BCUT2D eigenvalue weighted by atomic mass is 19.4. The number of likely N-dealkylation sites (tertiary alicyclic amines) is 1. The van der Waals surface area contributed by atoms with Gasteiger partial charge >= 0.3 is 6.36 Å². The first kappa shape index (κ1) is 16.6. The van der Waals surface area contributed by atoms with Crippen LogP contribution in [0.25, 0.3) is 0 Å². The number of ether oxygens (including phenoxy) is 1. The third-order valence-corrected chi connectivity index (χ3v) is 3.71. The maximum Gasteiger partial charge on any atom is 0.573 e. The molecule has 1 aromatic rings. The second kappa shape index (κ2) is 7.00. The summed E-state index contributed by atoms with van der Waals surface area (Å²) in [5.41, 5.74) is 0.216. The molecular weight excluding hydrogens is 297 g/mol. The van der Waals surface area contributed by atoms with Crippen molar-refractivity contribution in [1.29, 1.82) is 0 Å². The van der Waals surface area contributed by atoms with Gasteiger partial charge in [-0.3, -0.25) is 4.79 Å². The highest BCUT2D eigenvalue weighted by molar-refractivity contribution is 5.94. The lowest BCUT2D eigenvalue weighted by atomic mass is 9.96. The maximum atomic E-state index is 12.4. The van der Waals surface area contributed by atoms with E-state index < -0.39 is 6.36 Å². The molecular formula is C15H19F3N2O2. The van der Waals surface area contributed by atoms with Crippen LogP contribution in [0.1, 0.15) is 23.2 Å². The largest absolute Gasteiger partial charge is 0.573 e. The number of carbonyl (C=O) groups excluding carboxylic acids is 1. The summed E-state index contributed by atoms with van der Waals surface area (Å²) in [5.74, 6) is -0.0899. The number of halogens is 3. The number of rotatable bonds is 4. The van der Waals surface area contributed by atoms with Gasteiger partial charge in [-0.1, -0.05) is 6.07 Å². The quantitative estimate of drug-likeness (QED) is 0.928. The fourth-order valence-corrected chi connectivity index (χ4v) is 2.64. The van der Waals surface area contributed by atoms with E-state index in [2.05, 4.69) is 10.1 Å². The summed E-state index contributed by atoms with van der Waals surface area (Å²) in [6, 6.07) is 5.21. The van der Waals surface area contributed by atoms with Gasteiger partial charge in [0.05, 0.1) is 0 Å². The average Bonchev–Trinajstić information content (AvgIpc) is 2.46. The normalized spacial score (nSPS) is 16.6. The molecule has 0 aliphatic carbocycles. The van der Waals surface area contributed by atoms with E-state index in [0.717, 1.165) is 25.5 Å². The van der Waals surface area contributed by atoms with E-state index in [-0.39, 0.29) is 17.2 Å². The highest BCUT2D eigenvalue weighted by Gasteiger charge is 2.31. The lowest BCUT2D eigenvalue weighted by Crippen LogP contribution is -2.40. The number of piperidine rings is 1. The fourth-order valence-electron chi connectivity index (χ4n) is 2.64. The number of alkyl halides is 3. The zero-order valence-electron chi connectivity index (χ0n) is 12.3. The van der Waals surface area contributed by atoms with Crippen LogP contribution in [0.5, 0.6) is 5.75 Å². The molecule has 2 rings (SSSR count). The van der Waals surface area contributed by atoms with Crippen molar-refractivity contribution >= 4 is 5.91 Å². The minimum atomic E-state index is -4.76. The van der Waals surface area contributed by atoms with Crippen LogP contribution in [0.2, 0.25) is 0 Å². The number of hydrogen-bond donors (Lipinski definition) is 1. The van der Waals surface area contributed by atoms with E-state index in [1.807, 2.05) is 7.05 Å². The van der Waals surface area contributed by atoms with Crippen molar-refractivity contribution in [2.45, 2.75) is 19.2 Å². The van der Waals surface area contributed by atoms with Crippen molar-refractivity contribution < 1.29 is 22.7 Å². The van der Waals surface area contributed by atoms with E-state index >= 15 is 0 Å². The summed E-state index contributed by atoms with van der Waals surface area (Å²) in [4.78, 5) is 14.0. The Labute approximate surface area is 127 Å². The van der Waals surface area contributed by atoms with Crippen molar-refractivity contribution in [2.75, 3.05) is 26.7 Å². The third-order valence-electron chi connectivity index (χ3n) is 3.71. The second-order valence-corrected chi connectivity index (χ2v) is 5.37. The molecule has 1 aromatic carbocycles. The molecule has 1 aliphatic rings. The SMILES string of the molecule is CNCC1CCN(C(=O)c2cccc(OC(F)(F)F)c2)CC1. The Balaban J connectivity index is 2.00. The van der Waals surface area contributed by atoms with Gasteiger partial charge in [0, 0.05) is 18.7 Å². The van der Waals surface area contributed by atoms with Gasteiger partial charge in [0.15, 0.2) is 0 Å². The number of nitrogens with one attached hydrogen (secondary N) is 1. The predicted molar refractivity (Wildman–Crippen MR) is 75.7 cm³/mol. The van der Waals surface area contributed by atoms with Crippen LogP contribution in [-0.4, -0.2) is 43.9 Å². The van der Waals surface area contributed by atoms with Gasteiger partial charge in [0.2, 0.25) is 0 Å². The van der Waals surface area contributed by atoms with Crippen molar-refractivity contribution in [1.82, 2.24) is 10.2 Å². The van der Waals surface area contributed by atoms with E-state index in [1.165, 1.54) is 18.2 Å². The number of amides is 1. The van der Waals surface area contributed by atoms with E-state index in [4.69, 9.17) is 0 Å². The Bertz CT molecular complexity index is 512. The average molecular weight is 316 g/mol. The van der Waals surface area contributed by atoms with Crippen LogP contribution in [-0.2, 0) is 0 Å². The smallest absolute Gasteiger partial charge is 0.406 e. The summed E-state index contributed by atoms with van der Waals surface area (Å²) < 4.78 is 40.5. The zero-order chi connectivity index (χ0) is 16.2. The molecule has 0 radical (unpaired) electrons. The number of nitrogens with zero attached hydrogens (tertiary/aromatic N) is 1. The van der Waals surface area contributed by atoms with Gasteiger partial charge < -0.3 is 15.0 Å². The summed E-state index contributed by atoms with van der Waals surface area (Å²) in [7, 11) is 1.89. The standard InChI is InChI=1S/C15H19F3N2O2/c1-19-10-11-5-7-20(8-6-11)14(21)12-3-2-4-13(9-12)22-15(16,17)18/h2-4,9,11,19H,5-8,10H2,1H3. The van der Waals surface area contributed by atoms with Crippen LogP contribution >= 0.6 is 0 Å². The maximum absolute atomic E-state index is 12.4. The minimum Gasteiger partial charge on any atom is -0.406 e. The molecule has 1 amide bonds. The Morgan fingerprint density at radius 1 is 1.36 bits per heavy atom. The summed E-state index contributed by atoms with van der Waals surface area (Å²) >= 11 is 0. The highest BCUT2D eigenvalue weighted by Crippen LogP contribution is 2.25. The molecule has 7 heteroatoms. The first-order valence-electron chi connectivity index (χ1n) is 7.19. The first-order chi connectivity index (χ1) is 10.4.